The van der Waals surface area contributed by atoms with Crippen molar-refractivity contribution in [3.8, 4) is 0 Å². The van der Waals surface area contributed by atoms with Crippen LogP contribution in [0.5, 0.6) is 0 Å². The Morgan fingerprint density at radius 3 is 2.80 bits per heavy atom. The molecule has 30 heavy (non-hydrogen) atoms. The summed E-state index contributed by atoms with van der Waals surface area (Å²) >= 11 is 0. The molecule has 0 bridgehead atoms. The zero-order valence-electron chi connectivity index (χ0n) is 16.3. The normalized spacial score (nSPS) is 18.4. The molecule has 8 nitrogen and oxygen atoms in total. The van der Waals surface area contributed by atoms with Gasteiger partial charge in [-0.05, 0) is 55.2 Å². The number of aryl methyl sites for hydroxylation is 1. The van der Waals surface area contributed by atoms with Crippen molar-refractivity contribution in [1.82, 2.24) is 5.32 Å². The predicted octanol–water partition coefficient (Wildman–Crippen LogP) is 2.28. The summed E-state index contributed by atoms with van der Waals surface area (Å²) in [4.78, 5) is 24.2. The van der Waals surface area contributed by atoms with Crippen molar-refractivity contribution in [1.29, 1.82) is 0 Å². The maximum Gasteiger partial charge on any atom is 0.261 e. The quantitative estimate of drug-likeness (QED) is 0.652. The van der Waals surface area contributed by atoms with Crippen LogP contribution in [-0.4, -0.2) is 39.5 Å². The van der Waals surface area contributed by atoms with Gasteiger partial charge in [-0.15, -0.1) is 0 Å². The molecule has 0 spiro atoms. The minimum atomic E-state index is -3.91. The van der Waals surface area contributed by atoms with Crippen LogP contribution in [0.3, 0.4) is 0 Å². The highest BCUT2D eigenvalue weighted by atomic mass is 32.2. The fourth-order valence-electron chi connectivity index (χ4n) is 3.61. The van der Waals surface area contributed by atoms with Crippen LogP contribution in [0.2, 0.25) is 0 Å². The largest absolute Gasteiger partial charge is 0.376 e. The number of sulfonamides is 1. The van der Waals surface area contributed by atoms with Crippen LogP contribution in [0.4, 0.5) is 11.4 Å². The monoisotopic (exact) mass is 429 g/mol. The minimum Gasteiger partial charge on any atom is -0.376 e. The molecule has 4 rings (SSSR count). The summed E-state index contributed by atoms with van der Waals surface area (Å²) in [6.45, 7) is 1.08. The van der Waals surface area contributed by atoms with Crippen molar-refractivity contribution in [3.63, 3.8) is 0 Å². The molecule has 0 unspecified atom stereocenters. The lowest BCUT2D eigenvalue weighted by Gasteiger charge is -2.18. The molecule has 0 saturated carbocycles. The van der Waals surface area contributed by atoms with Gasteiger partial charge < -0.3 is 15.4 Å². The molecule has 2 aromatic rings. The van der Waals surface area contributed by atoms with E-state index in [1.54, 1.807) is 36.4 Å². The number of carbonyl (C=O) groups excluding carboxylic acids is 2. The van der Waals surface area contributed by atoms with E-state index in [9.17, 15) is 18.0 Å². The fourth-order valence-corrected chi connectivity index (χ4v) is 4.74. The number of benzene rings is 2. The van der Waals surface area contributed by atoms with Crippen LogP contribution >= 0.6 is 0 Å². The van der Waals surface area contributed by atoms with Crippen molar-refractivity contribution >= 4 is 33.2 Å². The van der Waals surface area contributed by atoms with E-state index in [0.29, 0.717) is 31.7 Å². The maximum absolute atomic E-state index is 12.9. The molecule has 1 fully saturated rings. The van der Waals surface area contributed by atoms with Crippen LogP contribution in [-0.2, 0) is 26.0 Å². The van der Waals surface area contributed by atoms with E-state index in [2.05, 4.69) is 15.4 Å². The second-order valence-electron chi connectivity index (χ2n) is 7.36. The Kier molecular flexibility index (Phi) is 5.74. The zero-order valence-corrected chi connectivity index (χ0v) is 17.1. The first-order valence-electron chi connectivity index (χ1n) is 9.87. The van der Waals surface area contributed by atoms with Crippen LogP contribution in [0, 0.1) is 0 Å². The number of hydrogen-bond donors (Lipinski definition) is 3. The summed E-state index contributed by atoms with van der Waals surface area (Å²) in [5, 5.41) is 5.54. The molecule has 2 amide bonds. The molecule has 2 aromatic carbocycles. The predicted molar refractivity (Wildman–Crippen MR) is 112 cm³/mol. The highest BCUT2D eigenvalue weighted by molar-refractivity contribution is 7.92. The van der Waals surface area contributed by atoms with Gasteiger partial charge in [0.2, 0.25) is 5.91 Å². The lowest BCUT2D eigenvalue weighted by atomic mass is 10.0. The van der Waals surface area contributed by atoms with Gasteiger partial charge in [0.15, 0.2) is 0 Å². The van der Waals surface area contributed by atoms with E-state index < -0.39 is 10.0 Å². The molecule has 158 valence electrons. The Labute approximate surface area is 175 Å². The van der Waals surface area contributed by atoms with Crippen molar-refractivity contribution in [2.24, 2.45) is 0 Å². The molecule has 9 heteroatoms. The molecule has 2 aliphatic rings. The van der Waals surface area contributed by atoms with Gasteiger partial charge in [0.1, 0.15) is 0 Å². The Balaban J connectivity index is 1.52. The van der Waals surface area contributed by atoms with Crippen LogP contribution in [0.15, 0.2) is 47.4 Å². The zero-order chi connectivity index (χ0) is 21.1. The second-order valence-corrected chi connectivity index (χ2v) is 9.05. The van der Waals surface area contributed by atoms with Gasteiger partial charge in [-0.25, -0.2) is 8.42 Å². The average molecular weight is 429 g/mol. The van der Waals surface area contributed by atoms with Gasteiger partial charge in [-0.3, -0.25) is 14.3 Å². The SMILES string of the molecule is O=C1CCc2cc(S(=O)(=O)Nc3ccccc3C(=O)NC[C@H]3CCCO3)ccc2N1. The van der Waals surface area contributed by atoms with E-state index in [-0.39, 0.29) is 34.1 Å². The molecule has 0 aromatic heterocycles. The number of amides is 2. The van der Waals surface area contributed by atoms with E-state index in [4.69, 9.17) is 4.74 Å². The summed E-state index contributed by atoms with van der Waals surface area (Å²) in [6.07, 6.45) is 2.66. The van der Waals surface area contributed by atoms with Crippen LogP contribution in [0.25, 0.3) is 0 Å². The third kappa shape index (κ3) is 4.47. The first kappa shape index (κ1) is 20.4. The van der Waals surface area contributed by atoms with Gasteiger partial charge in [0.25, 0.3) is 15.9 Å². The number of anilines is 2. The first-order chi connectivity index (χ1) is 14.4. The number of hydrogen-bond acceptors (Lipinski definition) is 5. The third-order valence-corrected chi connectivity index (χ3v) is 6.58. The summed E-state index contributed by atoms with van der Waals surface area (Å²) in [7, 11) is -3.91. The molecule has 1 atom stereocenters. The van der Waals surface area contributed by atoms with E-state index in [1.807, 2.05) is 0 Å². The summed E-state index contributed by atoms with van der Waals surface area (Å²) in [5.41, 5.74) is 1.83. The number of para-hydroxylation sites is 1. The summed E-state index contributed by atoms with van der Waals surface area (Å²) in [5.74, 6) is -0.448. The number of rotatable bonds is 6. The minimum absolute atomic E-state index is 0.00575. The van der Waals surface area contributed by atoms with E-state index in [0.717, 1.165) is 18.4 Å². The lowest BCUT2D eigenvalue weighted by molar-refractivity contribution is -0.116. The van der Waals surface area contributed by atoms with Gasteiger partial charge in [-0.1, -0.05) is 12.1 Å². The first-order valence-corrected chi connectivity index (χ1v) is 11.3. The molecule has 1 saturated heterocycles. The van der Waals surface area contributed by atoms with Crippen LogP contribution in [0.1, 0.15) is 35.2 Å². The Morgan fingerprint density at radius 2 is 2.00 bits per heavy atom. The summed E-state index contributed by atoms with van der Waals surface area (Å²) < 4.78 is 33.9. The smallest absolute Gasteiger partial charge is 0.261 e. The molecule has 0 aliphatic carbocycles. The average Bonchev–Trinajstić information content (AvgIpc) is 3.25. The number of ether oxygens (including phenoxy) is 1. The number of fused-ring (bicyclic) bond motifs is 1. The number of carbonyl (C=O) groups is 2. The third-order valence-electron chi connectivity index (χ3n) is 5.21. The molecular formula is C21H23N3O5S. The Bertz CT molecular complexity index is 1080. The molecule has 2 aliphatic heterocycles. The topological polar surface area (TPSA) is 114 Å². The van der Waals surface area contributed by atoms with Gasteiger partial charge in [-0.2, -0.15) is 0 Å². The molecular weight excluding hydrogens is 406 g/mol. The Hall–Kier alpha value is -2.91. The van der Waals surface area contributed by atoms with Crippen molar-refractivity contribution in [2.75, 3.05) is 23.2 Å². The standard InChI is InChI=1S/C21H23N3O5S/c25-20-10-7-14-12-16(8-9-18(14)23-20)30(27,28)24-19-6-2-1-5-17(19)21(26)22-13-15-4-3-11-29-15/h1-2,5-6,8-9,12,15,24H,3-4,7,10-11,13H2,(H,22,26)(H,23,25)/t15-/m1/s1. The summed E-state index contributed by atoms with van der Waals surface area (Å²) in [6, 6.07) is 11.0. The van der Waals surface area contributed by atoms with Crippen molar-refractivity contribution < 1.29 is 22.7 Å². The molecule has 2 heterocycles. The fraction of sp³-hybridized carbons (Fsp3) is 0.333. The van der Waals surface area contributed by atoms with Crippen molar-refractivity contribution in [3.05, 3.63) is 53.6 Å². The van der Waals surface area contributed by atoms with Crippen molar-refractivity contribution in [2.45, 2.75) is 36.7 Å². The van der Waals surface area contributed by atoms with Gasteiger partial charge >= 0.3 is 0 Å². The highest BCUT2D eigenvalue weighted by Gasteiger charge is 2.23. The van der Waals surface area contributed by atoms with Gasteiger partial charge in [0.05, 0.1) is 22.3 Å². The van der Waals surface area contributed by atoms with E-state index >= 15 is 0 Å². The maximum atomic E-state index is 12.9. The number of nitrogens with one attached hydrogen (secondary N) is 3. The Morgan fingerprint density at radius 1 is 1.17 bits per heavy atom. The lowest BCUT2D eigenvalue weighted by Crippen LogP contribution is -2.32. The highest BCUT2D eigenvalue weighted by Crippen LogP contribution is 2.27. The van der Waals surface area contributed by atoms with Crippen LogP contribution < -0.4 is 15.4 Å². The van der Waals surface area contributed by atoms with Gasteiger partial charge in [0, 0.05) is 25.3 Å². The van der Waals surface area contributed by atoms with E-state index in [1.165, 1.54) is 6.07 Å². The molecule has 0 radical (unpaired) electrons. The second kappa shape index (κ2) is 8.45. The molecule has 3 N–H and O–H groups in total.